The Balaban J connectivity index is 1.38. The Kier molecular flexibility index (Phi) is 7.76. The van der Waals surface area contributed by atoms with Crippen LogP contribution in [-0.4, -0.2) is 70.4 Å². The van der Waals surface area contributed by atoms with Crippen LogP contribution in [0.5, 0.6) is 0 Å². The predicted octanol–water partition coefficient (Wildman–Crippen LogP) is 4.31. The Bertz CT molecular complexity index is 1230. The highest BCUT2D eigenvalue weighted by atomic mass is 32.2. The number of piperidine rings is 2. The van der Waals surface area contributed by atoms with Crippen LogP contribution in [-0.2, 0) is 0 Å². The molecule has 11 nitrogen and oxygen atoms in total. The Morgan fingerprint density at radius 2 is 1.77 bits per heavy atom. The highest BCUT2D eigenvalue weighted by Gasteiger charge is 2.44. The Labute approximate surface area is 228 Å². The summed E-state index contributed by atoms with van der Waals surface area (Å²) in [6.45, 7) is 1.49. The van der Waals surface area contributed by atoms with Gasteiger partial charge in [0.05, 0.1) is 22.8 Å². The molecule has 1 aliphatic carbocycles. The SMILES string of the molecule is O=C(Nc1ccc([N+](=O)[O-])c(N2CCC(F)(F)CC2)n1)c1cnc(NSCCO)cc1N1CCC2(CC1)CC2. The molecule has 1 amide bonds. The molecule has 3 N–H and O–H groups in total. The lowest BCUT2D eigenvalue weighted by atomic mass is 9.93. The van der Waals surface area contributed by atoms with Gasteiger partial charge in [-0.15, -0.1) is 0 Å². The molecule has 210 valence electrons. The third kappa shape index (κ3) is 6.32. The summed E-state index contributed by atoms with van der Waals surface area (Å²) in [5, 5.41) is 23.4. The van der Waals surface area contributed by atoms with Gasteiger partial charge in [-0.2, -0.15) is 0 Å². The molecule has 5 rings (SSSR count). The largest absolute Gasteiger partial charge is 0.395 e. The maximum absolute atomic E-state index is 13.7. The minimum absolute atomic E-state index is 0.0172. The fourth-order valence-corrected chi connectivity index (χ4v) is 5.57. The Morgan fingerprint density at radius 3 is 2.41 bits per heavy atom. The summed E-state index contributed by atoms with van der Waals surface area (Å²) in [6, 6.07) is 4.38. The van der Waals surface area contributed by atoms with E-state index in [1.807, 2.05) is 6.07 Å². The van der Waals surface area contributed by atoms with Crippen molar-refractivity contribution in [3.05, 3.63) is 40.1 Å². The highest BCUT2D eigenvalue weighted by Crippen LogP contribution is 2.54. The van der Waals surface area contributed by atoms with Crippen molar-refractivity contribution in [1.29, 1.82) is 0 Å². The molecule has 3 aliphatic rings. The quantitative estimate of drug-likeness (QED) is 0.175. The normalized spacial score (nSPS) is 19.6. The Hall–Kier alpha value is -3.26. The first-order chi connectivity index (χ1) is 18.7. The van der Waals surface area contributed by atoms with Crippen LogP contribution in [0.25, 0.3) is 0 Å². The maximum atomic E-state index is 13.7. The van der Waals surface area contributed by atoms with Crippen molar-refractivity contribution >= 4 is 46.7 Å². The van der Waals surface area contributed by atoms with Crippen molar-refractivity contribution in [2.75, 3.05) is 58.4 Å². The lowest BCUT2D eigenvalue weighted by Gasteiger charge is -2.35. The van der Waals surface area contributed by atoms with Gasteiger partial charge in [0.25, 0.3) is 11.8 Å². The van der Waals surface area contributed by atoms with E-state index in [0.717, 1.165) is 25.9 Å². The van der Waals surface area contributed by atoms with Crippen LogP contribution < -0.4 is 19.8 Å². The first kappa shape index (κ1) is 27.3. The fraction of sp³-hybridized carbons (Fsp3) is 0.560. The summed E-state index contributed by atoms with van der Waals surface area (Å²) in [5.41, 5.74) is 1.18. The fourth-order valence-electron chi connectivity index (χ4n) is 5.12. The smallest absolute Gasteiger partial charge is 0.311 e. The molecule has 2 aliphatic heterocycles. The minimum Gasteiger partial charge on any atom is -0.395 e. The zero-order valence-corrected chi connectivity index (χ0v) is 22.2. The number of rotatable bonds is 9. The van der Waals surface area contributed by atoms with Gasteiger partial charge in [-0.05, 0) is 49.1 Å². The molecule has 2 aromatic heterocycles. The number of alkyl halides is 2. The van der Waals surface area contributed by atoms with Gasteiger partial charge in [0.2, 0.25) is 5.82 Å². The van der Waals surface area contributed by atoms with E-state index < -0.39 is 29.6 Å². The first-order valence-corrected chi connectivity index (χ1v) is 14.0. The standard InChI is InChI=1S/C25H31F2N7O4S/c26-25(27)7-11-33(12-8-25)22-18(34(37)38)1-2-20(29-22)30-23(36)17-16-28-21(31-39-14-13-35)15-19(17)32-9-5-24(3-4-24)6-10-32/h1-2,15-16,35H,3-14H2,(H,28,31)(H,29,30,36). The molecule has 2 aromatic rings. The molecule has 3 fully saturated rings. The van der Waals surface area contributed by atoms with E-state index in [-0.39, 0.29) is 37.0 Å². The monoisotopic (exact) mass is 563 g/mol. The molecule has 0 atom stereocenters. The van der Waals surface area contributed by atoms with Crippen molar-refractivity contribution in [2.45, 2.75) is 44.4 Å². The molecule has 39 heavy (non-hydrogen) atoms. The number of nitro groups is 1. The number of carbonyl (C=O) groups is 1. The zero-order chi connectivity index (χ0) is 27.6. The Morgan fingerprint density at radius 1 is 1.08 bits per heavy atom. The third-order valence-electron chi connectivity index (χ3n) is 7.71. The number of halogens is 2. The second kappa shape index (κ2) is 11.1. The van der Waals surface area contributed by atoms with E-state index in [1.165, 1.54) is 48.0 Å². The third-order valence-corrected chi connectivity index (χ3v) is 8.45. The number of anilines is 4. The van der Waals surface area contributed by atoms with Crippen LogP contribution in [0.3, 0.4) is 0 Å². The van der Waals surface area contributed by atoms with Crippen LogP contribution in [0, 0.1) is 15.5 Å². The number of nitrogens with one attached hydrogen (secondary N) is 2. The lowest BCUT2D eigenvalue weighted by Crippen LogP contribution is -2.40. The second-order valence-corrected chi connectivity index (χ2v) is 11.2. The van der Waals surface area contributed by atoms with Crippen LogP contribution in [0.4, 0.5) is 37.6 Å². The van der Waals surface area contributed by atoms with Gasteiger partial charge in [-0.1, -0.05) is 0 Å². The van der Waals surface area contributed by atoms with Crippen LogP contribution >= 0.6 is 11.9 Å². The lowest BCUT2D eigenvalue weighted by molar-refractivity contribution is -0.384. The number of aliphatic hydroxyl groups is 1. The molecule has 2 saturated heterocycles. The number of hydrogen-bond donors (Lipinski definition) is 3. The number of carbonyl (C=O) groups excluding carboxylic acids is 1. The molecule has 0 unspecified atom stereocenters. The van der Waals surface area contributed by atoms with Gasteiger partial charge in [-0.25, -0.2) is 18.7 Å². The molecule has 14 heteroatoms. The molecule has 1 spiro atoms. The van der Waals surface area contributed by atoms with Crippen molar-refractivity contribution < 1.29 is 23.6 Å². The van der Waals surface area contributed by atoms with Crippen molar-refractivity contribution in [3.63, 3.8) is 0 Å². The minimum atomic E-state index is -2.81. The number of aromatic nitrogens is 2. The summed E-state index contributed by atoms with van der Waals surface area (Å²) in [4.78, 5) is 36.8. The molecule has 0 radical (unpaired) electrons. The van der Waals surface area contributed by atoms with Crippen LogP contribution in [0.1, 0.15) is 48.9 Å². The number of aliphatic hydroxyl groups excluding tert-OH is 1. The molecular weight excluding hydrogens is 532 g/mol. The van der Waals surface area contributed by atoms with Crippen LogP contribution in [0.2, 0.25) is 0 Å². The van der Waals surface area contributed by atoms with E-state index >= 15 is 0 Å². The van der Waals surface area contributed by atoms with Gasteiger partial charge >= 0.3 is 5.69 Å². The van der Waals surface area contributed by atoms with Gasteiger partial charge < -0.3 is 24.9 Å². The zero-order valence-electron chi connectivity index (χ0n) is 21.4. The predicted molar refractivity (Wildman–Crippen MR) is 146 cm³/mol. The van der Waals surface area contributed by atoms with E-state index in [1.54, 1.807) is 0 Å². The van der Waals surface area contributed by atoms with Crippen molar-refractivity contribution in [2.24, 2.45) is 5.41 Å². The number of nitrogens with zero attached hydrogens (tertiary/aromatic N) is 5. The summed E-state index contributed by atoms with van der Waals surface area (Å²) in [5.74, 6) is -2.21. The summed E-state index contributed by atoms with van der Waals surface area (Å²) in [7, 11) is 0. The molecular formula is C25H31F2N7O4S. The first-order valence-electron chi connectivity index (χ1n) is 13.0. The van der Waals surface area contributed by atoms with E-state index in [4.69, 9.17) is 5.11 Å². The van der Waals surface area contributed by atoms with Gasteiger partial charge in [0.1, 0.15) is 11.6 Å². The topological polar surface area (TPSA) is 137 Å². The van der Waals surface area contributed by atoms with Crippen LogP contribution in [0.15, 0.2) is 24.4 Å². The molecule has 4 heterocycles. The average Bonchev–Trinajstić information content (AvgIpc) is 3.67. The highest BCUT2D eigenvalue weighted by molar-refractivity contribution is 8.00. The second-order valence-electron chi connectivity index (χ2n) is 10.3. The van der Waals surface area contributed by atoms with Crippen molar-refractivity contribution in [1.82, 2.24) is 9.97 Å². The molecule has 1 saturated carbocycles. The van der Waals surface area contributed by atoms with E-state index in [0.29, 0.717) is 28.2 Å². The number of amides is 1. The summed E-state index contributed by atoms with van der Waals surface area (Å²) in [6.07, 6.45) is 5.24. The van der Waals surface area contributed by atoms with Gasteiger partial charge in [0.15, 0.2) is 0 Å². The number of pyridine rings is 2. The van der Waals surface area contributed by atoms with E-state index in [9.17, 15) is 23.7 Å². The summed E-state index contributed by atoms with van der Waals surface area (Å²) < 4.78 is 30.4. The summed E-state index contributed by atoms with van der Waals surface area (Å²) >= 11 is 1.31. The maximum Gasteiger partial charge on any atom is 0.311 e. The number of hydrogen-bond acceptors (Lipinski definition) is 10. The molecule has 0 bridgehead atoms. The van der Waals surface area contributed by atoms with Gasteiger partial charge in [-0.3, -0.25) is 14.9 Å². The average molecular weight is 564 g/mol. The van der Waals surface area contributed by atoms with Crippen molar-refractivity contribution in [3.8, 4) is 0 Å². The molecule has 0 aromatic carbocycles. The van der Waals surface area contributed by atoms with Gasteiger partial charge in [0, 0.05) is 63.1 Å². The van der Waals surface area contributed by atoms with E-state index in [2.05, 4.69) is 24.9 Å².